The summed E-state index contributed by atoms with van der Waals surface area (Å²) in [6.45, 7) is 0. The number of rotatable bonds is 6. The maximum absolute atomic E-state index is 12.3. The van der Waals surface area contributed by atoms with Crippen LogP contribution in [0.5, 0.6) is 0 Å². The Balaban J connectivity index is 1.50. The summed E-state index contributed by atoms with van der Waals surface area (Å²) < 4.78 is 0. The number of hydrogen-bond acceptors (Lipinski definition) is 3. The molecule has 1 aliphatic rings. The molecule has 2 aromatic rings. The molecule has 26 heavy (non-hydrogen) atoms. The topological polar surface area (TPSA) is 32.3 Å². The number of hydrogen-bond donors (Lipinski definition) is 1. The highest BCUT2D eigenvalue weighted by Crippen LogP contribution is 2.39. The summed E-state index contributed by atoms with van der Waals surface area (Å²) in [5.74, 6) is 0.770. The third-order valence-corrected chi connectivity index (χ3v) is 6.45. The lowest BCUT2D eigenvalue weighted by molar-refractivity contribution is -0.121. The molecule has 0 bridgehead atoms. The van der Waals surface area contributed by atoms with E-state index < -0.39 is 0 Å². The van der Waals surface area contributed by atoms with Gasteiger partial charge in [-0.2, -0.15) is 0 Å². The number of benzene rings is 1. The molecule has 3 nitrogen and oxygen atoms in total. The normalized spacial score (nSPS) is 21.5. The van der Waals surface area contributed by atoms with Crippen LogP contribution in [0.25, 0.3) is 0 Å². The van der Waals surface area contributed by atoms with Gasteiger partial charge in [0, 0.05) is 22.0 Å². The molecule has 1 unspecified atom stereocenters. The Morgan fingerprint density at radius 2 is 1.88 bits per heavy atom. The van der Waals surface area contributed by atoms with Gasteiger partial charge in [0.1, 0.15) is 0 Å². The van der Waals surface area contributed by atoms with Crippen LogP contribution in [0.2, 0.25) is 5.02 Å². The van der Waals surface area contributed by atoms with E-state index in [9.17, 15) is 4.79 Å². The molecular weight excluding hydrogens is 364 g/mol. The highest BCUT2D eigenvalue weighted by Gasteiger charge is 2.30. The summed E-state index contributed by atoms with van der Waals surface area (Å²) in [7, 11) is 4.34. The molecule has 1 N–H and O–H groups in total. The molecular formula is C21H27ClN2OS. The molecule has 1 aromatic carbocycles. The summed E-state index contributed by atoms with van der Waals surface area (Å²) in [5.41, 5.74) is 1.01. The number of carbonyl (C=O) groups is 1. The van der Waals surface area contributed by atoms with Crippen LogP contribution < -0.4 is 5.32 Å². The Morgan fingerprint density at radius 3 is 2.46 bits per heavy atom. The highest BCUT2D eigenvalue weighted by atomic mass is 35.5. The van der Waals surface area contributed by atoms with Crippen molar-refractivity contribution in [2.75, 3.05) is 14.1 Å². The van der Waals surface area contributed by atoms with Crippen LogP contribution in [0.3, 0.4) is 0 Å². The first-order chi connectivity index (χ1) is 12.5. The zero-order valence-electron chi connectivity index (χ0n) is 15.5. The Morgan fingerprint density at radius 1 is 1.19 bits per heavy atom. The third kappa shape index (κ3) is 5.09. The molecule has 1 aliphatic carbocycles. The van der Waals surface area contributed by atoms with Crippen LogP contribution in [-0.2, 0) is 11.2 Å². The van der Waals surface area contributed by atoms with Crippen LogP contribution >= 0.6 is 22.9 Å². The van der Waals surface area contributed by atoms with Crippen molar-refractivity contribution >= 4 is 28.8 Å². The SMILES string of the molecule is CN(C)C(c1cccs1)C1CCC(NC(=O)Cc2ccc(Cl)cc2)CC1. The molecule has 1 fully saturated rings. The Hall–Kier alpha value is -1.36. The number of carbonyl (C=O) groups excluding carboxylic acids is 1. The first-order valence-corrected chi connectivity index (χ1v) is 10.5. The van der Waals surface area contributed by atoms with Crippen LogP contribution in [0.1, 0.15) is 42.2 Å². The van der Waals surface area contributed by atoms with E-state index in [2.05, 4.69) is 41.8 Å². The smallest absolute Gasteiger partial charge is 0.224 e. The molecule has 0 spiro atoms. The molecule has 0 aliphatic heterocycles. The molecule has 1 aromatic heterocycles. The highest BCUT2D eigenvalue weighted by molar-refractivity contribution is 7.10. The van der Waals surface area contributed by atoms with Gasteiger partial charge in [-0.25, -0.2) is 0 Å². The molecule has 3 rings (SSSR count). The average Bonchev–Trinajstić information content (AvgIpc) is 3.12. The lowest BCUT2D eigenvalue weighted by Gasteiger charge is -2.37. The van der Waals surface area contributed by atoms with E-state index in [-0.39, 0.29) is 5.91 Å². The van der Waals surface area contributed by atoms with E-state index in [1.807, 2.05) is 35.6 Å². The van der Waals surface area contributed by atoms with E-state index in [0.29, 0.717) is 29.4 Å². The van der Waals surface area contributed by atoms with Gasteiger partial charge in [0.25, 0.3) is 0 Å². The quantitative estimate of drug-likeness (QED) is 0.759. The number of halogens is 1. The van der Waals surface area contributed by atoms with Gasteiger partial charge in [-0.15, -0.1) is 11.3 Å². The zero-order valence-corrected chi connectivity index (χ0v) is 17.0. The molecule has 1 amide bonds. The molecule has 140 valence electrons. The molecule has 5 heteroatoms. The summed E-state index contributed by atoms with van der Waals surface area (Å²) in [5, 5.41) is 6.09. The Kier molecular flexibility index (Phi) is 6.74. The van der Waals surface area contributed by atoms with Gasteiger partial charge in [-0.3, -0.25) is 4.79 Å². The van der Waals surface area contributed by atoms with Gasteiger partial charge in [0.2, 0.25) is 5.91 Å². The van der Waals surface area contributed by atoms with Crippen molar-refractivity contribution < 1.29 is 4.79 Å². The van der Waals surface area contributed by atoms with Crippen molar-refractivity contribution in [2.24, 2.45) is 5.92 Å². The van der Waals surface area contributed by atoms with Crippen LogP contribution in [0.4, 0.5) is 0 Å². The average molecular weight is 391 g/mol. The number of nitrogens with zero attached hydrogens (tertiary/aromatic N) is 1. The number of amides is 1. The van der Waals surface area contributed by atoms with Gasteiger partial charge >= 0.3 is 0 Å². The monoisotopic (exact) mass is 390 g/mol. The van der Waals surface area contributed by atoms with E-state index >= 15 is 0 Å². The lowest BCUT2D eigenvalue weighted by atomic mass is 9.80. The van der Waals surface area contributed by atoms with Gasteiger partial charge in [0.05, 0.1) is 6.42 Å². The molecule has 0 saturated heterocycles. The largest absolute Gasteiger partial charge is 0.353 e. The predicted molar refractivity (Wildman–Crippen MR) is 110 cm³/mol. The second kappa shape index (κ2) is 9.03. The fraction of sp³-hybridized carbons (Fsp3) is 0.476. The molecule has 1 saturated carbocycles. The van der Waals surface area contributed by atoms with Crippen molar-refractivity contribution in [1.82, 2.24) is 10.2 Å². The van der Waals surface area contributed by atoms with E-state index in [0.717, 1.165) is 31.2 Å². The summed E-state index contributed by atoms with van der Waals surface area (Å²) in [4.78, 5) is 16.1. The first kappa shape index (κ1) is 19.4. The van der Waals surface area contributed by atoms with Crippen molar-refractivity contribution in [3.63, 3.8) is 0 Å². The molecule has 0 radical (unpaired) electrons. The minimum Gasteiger partial charge on any atom is -0.353 e. The predicted octanol–water partition coefficient (Wildman–Crippen LogP) is 4.92. The van der Waals surface area contributed by atoms with Gasteiger partial charge in [-0.1, -0.05) is 29.8 Å². The molecule has 1 atom stereocenters. The zero-order chi connectivity index (χ0) is 18.5. The third-order valence-electron chi connectivity index (χ3n) is 5.25. The Labute approximate surface area is 165 Å². The lowest BCUT2D eigenvalue weighted by Crippen LogP contribution is -2.40. The van der Waals surface area contributed by atoms with Crippen LogP contribution in [-0.4, -0.2) is 30.9 Å². The minimum absolute atomic E-state index is 0.109. The number of nitrogens with one attached hydrogen (secondary N) is 1. The van der Waals surface area contributed by atoms with Gasteiger partial charge < -0.3 is 10.2 Å². The van der Waals surface area contributed by atoms with E-state index in [4.69, 9.17) is 11.6 Å². The van der Waals surface area contributed by atoms with Crippen molar-refractivity contribution in [1.29, 1.82) is 0 Å². The maximum Gasteiger partial charge on any atom is 0.224 e. The van der Waals surface area contributed by atoms with E-state index in [1.54, 1.807) is 0 Å². The summed E-state index contributed by atoms with van der Waals surface area (Å²) in [6.07, 6.45) is 4.87. The second-order valence-electron chi connectivity index (χ2n) is 7.41. The fourth-order valence-electron chi connectivity index (χ4n) is 4.01. The van der Waals surface area contributed by atoms with E-state index in [1.165, 1.54) is 4.88 Å². The second-order valence-corrected chi connectivity index (χ2v) is 8.82. The van der Waals surface area contributed by atoms with Crippen LogP contribution in [0, 0.1) is 5.92 Å². The van der Waals surface area contributed by atoms with Crippen LogP contribution in [0.15, 0.2) is 41.8 Å². The minimum atomic E-state index is 0.109. The standard InChI is InChI=1S/C21H27ClN2OS/c1-24(2)21(19-4-3-13-26-19)16-7-11-18(12-8-16)23-20(25)14-15-5-9-17(22)10-6-15/h3-6,9-10,13,16,18,21H,7-8,11-12,14H2,1-2H3,(H,23,25). The Bertz CT molecular complexity index is 691. The van der Waals surface area contributed by atoms with Crippen molar-refractivity contribution in [3.05, 3.63) is 57.2 Å². The summed E-state index contributed by atoms with van der Waals surface area (Å²) in [6, 6.07) is 12.7. The molecule has 1 heterocycles. The summed E-state index contributed by atoms with van der Waals surface area (Å²) >= 11 is 7.74. The number of thiophene rings is 1. The maximum atomic E-state index is 12.3. The first-order valence-electron chi connectivity index (χ1n) is 9.26. The van der Waals surface area contributed by atoms with Gasteiger partial charge in [-0.05, 0) is 74.8 Å². The fourth-order valence-corrected chi connectivity index (χ4v) is 5.15. The van der Waals surface area contributed by atoms with Gasteiger partial charge in [0.15, 0.2) is 0 Å². The van der Waals surface area contributed by atoms with Crippen molar-refractivity contribution in [3.8, 4) is 0 Å². The van der Waals surface area contributed by atoms with Crippen molar-refractivity contribution in [2.45, 2.75) is 44.2 Å².